The third kappa shape index (κ3) is 25.0. The molecule has 2 amide bonds. The van der Waals surface area contributed by atoms with E-state index in [1.807, 2.05) is 6.92 Å². The Balaban J connectivity index is 4.56. The molecular weight excluding hydrogens is 612 g/mol. The highest BCUT2D eigenvalue weighted by Crippen LogP contribution is 2.11. The minimum absolute atomic E-state index is 0.0685. The predicted octanol–water partition coefficient (Wildman–Crippen LogP) is 2.20. The molecule has 0 atom stereocenters. The second-order valence-electron chi connectivity index (χ2n) is 11.7. The molecule has 0 unspecified atom stereocenters. The summed E-state index contributed by atoms with van der Waals surface area (Å²) in [5, 5.41) is 0. The van der Waals surface area contributed by atoms with Crippen LogP contribution in [0.1, 0.15) is 54.9 Å². The average Bonchev–Trinajstić information content (AvgIpc) is 2.94. The van der Waals surface area contributed by atoms with Crippen molar-refractivity contribution in [3.8, 4) is 0 Å². The molecule has 0 bridgehead atoms. The SMILES string of the molecule is CCCOC(=O)COCCOCCOCCOC(=O)CN(CCOC(=O)CN(CCOC)C(=O)OC(C)(C)C)C(=O)OC(C)(C)C. The van der Waals surface area contributed by atoms with Crippen LogP contribution in [0.25, 0.3) is 0 Å². The van der Waals surface area contributed by atoms with Gasteiger partial charge in [-0.3, -0.25) is 19.4 Å². The van der Waals surface area contributed by atoms with Crippen molar-refractivity contribution in [3.63, 3.8) is 0 Å². The van der Waals surface area contributed by atoms with Crippen molar-refractivity contribution >= 4 is 30.1 Å². The number of esters is 3. The van der Waals surface area contributed by atoms with Crippen LogP contribution in [0.4, 0.5) is 9.59 Å². The molecule has 0 aliphatic heterocycles. The normalized spacial score (nSPS) is 11.4. The Kier molecular flexibility index (Phi) is 22.4. The molecule has 0 heterocycles. The van der Waals surface area contributed by atoms with Gasteiger partial charge in [0.15, 0.2) is 0 Å². The lowest BCUT2D eigenvalue weighted by Crippen LogP contribution is -2.43. The molecule has 0 aliphatic carbocycles. The Morgan fingerprint density at radius 3 is 1.39 bits per heavy atom. The maximum atomic E-state index is 12.7. The third-order valence-corrected chi connectivity index (χ3v) is 5.05. The van der Waals surface area contributed by atoms with E-state index in [-0.39, 0.29) is 72.6 Å². The van der Waals surface area contributed by atoms with E-state index in [4.69, 9.17) is 42.6 Å². The van der Waals surface area contributed by atoms with Gasteiger partial charge in [-0.25, -0.2) is 14.4 Å². The van der Waals surface area contributed by atoms with Crippen LogP contribution in [0.2, 0.25) is 0 Å². The Hall–Kier alpha value is -3.21. The Morgan fingerprint density at radius 2 is 0.935 bits per heavy atom. The van der Waals surface area contributed by atoms with E-state index >= 15 is 0 Å². The van der Waals surface area contributed by atoms with E-state index in [1.165, 1.54) is 7.11 Å². The van der Waals surface area contributed by atoms with Crippen LogP contribution in [-0.4, -0.2) is 150 Å². The molecular formula is C30H54N2O14. The number of hydrogen-bond acceptors (Lipinski definition) is 14. The smallest absolute Gasteiger partial charge is 0.410 e. The maximum Gasteiger partial charge on any atom is 0.410 e. The molecule has 46 heavy (non-hydrogen) atoms. The maximum absolute atomic E-state index is 12.7. The van der Waals surface area contributed by atoms with Crippen molar-refractivity contribution in [1.82, 2.24) is 9.80 Å². The van der Waals surface area contributed by atoms with Gasteiger partial charge in [0, 0.05) is 13.7 Å². The van der Waals surface area contributed by atoms with E-state index in [0.717, 1.165) is 16.2 Å². The molecule has 0 saturated carbocycles. The first-order valence-electron chi connectivity index (χ1n) is 15.2. The summed E-state index contributed by atoms with van der Waals surface area (Å²) in [5.41, 5.74) is -1.60. The van der Waals surface area contributed by atoms with Gasteiger partial charge in [-0.2, -0.15) is 0 Å². The molecule has 0 fully saturated rings. The van der Waals surface area contributed by atoms with E-state index in [9.17, 15) is 24.0 Å². The van der Waals surface area contributed by atoms with Crippen LogP contribution >= 0.6 is 0 Å². The van der Waals surface area contributed by atoms with Crippen LogP contribution in [0.15, 0.2) is 0 Å². The Labute approximate surface area is 272 Å². The van der Waals surface area contributed by atoms with Gasteiger partial charge in [0.25, 0.3) is 0 Å². The molecule has 0 N–H and O–H groups in total. The first-order valence-corrected chi connectivity index (χ1v) is 15.2. The third-order valence-electron chi connectivity index (χ3n) is 5.05. The molecule has 0 aromatic rings. The largest absolute Gasteiger partial charge is 0.464 e. The molecule has 16 nitrogen and oxygen atoms in total. The molecule has 0 saturated heterocycles. The van der Waals surface area contributed by atoms with Crippen LogP contribution < -0.4 is 0 Å². The van der Waals surface area contributed by atoms with Gasteiger partial charge in [-0.1, -0.05) is 6.92 Å². The topological polar surface area (TPSA) is 175 Å². The monoisotopic (exact) mass is 666 g/mol. The Bertz CT molecular complexity index is 901. The van der Waals surface area contributed by atoms with Crippen molar-refractivity contribution in [2.45, 2.75) is 66.1 Å². The molecule has 0 aromatic carbocycles. The van der Waals surface area contributed by atoms with E-state index in [2.05, 4.69) is 0 Å². The van der Waals surface area contributed by atoms with Crippen LogP contribution in [0.3, 0.4) is 0 Å². The van der Waals surface area contributed by atoms with Gasteiger partial charge in [0.2, 0.25) is 0 Å². The van der Waals surface area contributed by atoms with Gasteiger partial charge in [0.05, 0.1) is 52.8 Å². The molecule has 0 aliphatic rings. The van der Waals surface area contributed by atoms with Crippen LogP contribution in [0, 0.1) is 0 Å². The lowest BCUT2D eigenvalue weighted by molar-refractivity contribution is -0.149. The fraction of sp³-hybridized carbons (Fsp3) is 0.833. The van der Waals surface area contributed by atoms with Gasteiger partial charge in [-0.15, -0.1) is 0 Å². The van der Waals surface area contributed by atoms with Gasteiger partial charge in [-0.05, 0) is 48.0 Å². The summed E-state index contributed by atoms with van der Waals surface area (Å²) in [6.07, 6.45) is -0.761. The zero-order valence-corrected chi connectivity index (χ0v) is 28.7. The first kappa shape index (κ1) is 42.8. The van der Waals surface area contributed by atoms with E-state index in [0.29, 0.717) is 6.61 Å². The highest BCUT2D eigenvalue weighted by atomic mass is 16.6. The van der Waals surface area contributed by atoms with Crippen molar-refractivity contribution in [1.29, 1.82) is 0 Å². The quantitative estimate of drug-likeness (QED) is 0.0881. The summed E-state index contributed by atoms with van der Waals surface area (Å²) in [4.78, 5) is 63.6. The lowest BCUT2D eigenvalue weighted by Gasteiger charge is -2.27. The predicted molar refractivity (Wildman–Crippen MR) is 163 cm³/mol. The number of amides is 2. The summed E-state index contributed by atoms with van der Waals surface area (Å²) in [7, 11) is 1.46. The zero-order chi connectivity index (χ0) is 35.0. The average molecular weight is 667 g/mol. The number of rotatable bonds is 23. The van der Waals surface area contributed by atoms with Crippen molar-refractivity contribution in [2.24, 2.45) is 0 Å². The molecule has 268 valence electrons. The number of ether oxygens (including phenoxy) is 9. The number of nitrogens with zero attached hydrogens (tertiary/aromatic N) is 2. The fourth-order valence-corrected chi connectivity index (χ4v) is 3.06. The molecule has 16 heteroatoms. The standard InChI is InChI=1S/C30H54N2O14/c1-9-12-42-26(35)23-41-18-17-39-15-16-40-19-20-44-25(34)22-32(28(37)46-30(5,6)7)11-14-43-24(33)21-31(10-13-38-8)27(36)45-29(2,3)4/h9-23H2,1-8H3. The van der Waals surface area contributed by atoms with Gasteiger partial charge < -0.3 is 42.6 Å². The lowest BCUT2D eigenvalue weighted by atomic mass is 10.2. The molecule has 0 rings (SSSR count). The highest BCUT2D eigenvalue weighted by molar-refractivity contribution is 5.79. The van der Waals surface area contributed by atoms with Crippen LogP contribution in [0.5, 0.6) is 0 Å². The minimum Gasteiger partial charge on any atom is -0.464 e. The number of hydrogen-bond donors (Lipinski definition) is 0. The number of carbonyl (C=O) groups is 5. The molecule has 0 radical (unpaired) electrons. The molecule has 0 aromatic heterocycles. The van der Waals surface area contributed by atoms with E-state index < -0.39 is 54.4 Å². The summed E-state index contributed by atoms with van der Waals surface area (Å²) >= 11 is 0. The van der Waals surface area contributed by atoms with Gasteiger partial charge >= 0.3 is 30.1 Å². The second-order valence-corrected chi connectivity index (χ2v) is 11.7. The van der Waals surface area contributed by atoms with Crippen molar-refractivity contribution < 1.29 is 66.6 Å². The van der Waals surface area contributed by atoms with Gasteiger partial charge in [0.1, 0.15) is 44.1 Å². The summed E-state index contributed by atoms with van der Waals surface area (Å²) in [6, 6.07) is 0. The second kappa shape index (κ2) is 24.0. The van der Waals surface area contributed by atoms with Crippen LogP contribution in [-0.2, 0) is 57.0 Å². The summed E-state index contributed by atoms with van der Waals surface area (Å²) in [5.74, 6) is -1.88. The number of methoxy groups -OCH3 is 1. The first-order chi connectivity index (χ1) is 21.6. The minimum atomic E-state index is -0.840. The van der Waals surface area contributed by atoms with Crippen molar-refractivity contribution in [3.05, 3.63) is 0 Å². The summed E-state index contributed by atoms with van der Waals surface area (Å²) in [6.45, 7) is 12.3. The highest BCUT2D eigenvalue weighted by Gasteiger charge is 2.27. The van der Waals surface area contributed by atoms with Crippen molar-refractivity contribution in [2.75, 3.05) is 99.4 Å². The van der Waals surface area contributed by atoms with E-state index in [1.54, 1.807) is 41.5 Å². The fourth-order valence-electron chi connectivity index (χ4n) is 3.06. The number of carbonyl (C=O) groups excluding carboxylic acids is 5. The Morgan fingerprint density at radius 1 is 0.522 bits per heavy atom. The molecule has 0 spiro atoms. The summed E-state index contributed by atoms with van der Waals surface area (Å²) < 4.78 is 46.8. The zero-order valence-electron chi connectivity index (χ0n) is 28.7.